The fourth-order valence-electron chi connectivity index (χ4n) is 2.26. The molecule has 0 aliphatic carbocycles. The number of halogens is 5. The van der Waals surface area contributed by atoms with Gasteiger partial charge in [-0.3, -0.25) is 4.79 Å². The van der Waals surface area contributed by atoms with Crippen molar-refractivity contribution in [1.82, 2.24) is 0 Å². The molecule has 1 aliphatic rings. The maximum absolute atomic E-state index is 13.3. The van der Waals surface area contributed by atoms with Crippen molar-refractivity contribution in [2.75, 3.05) is 11.9 Å². The molecule has 2 rings (SSSR count). The molecular weight excluding hydrogens is 295 g/mol. The molecule has 3 nitrogen and oxygen atoms in total. The summed E-state index contributed by atoms with van der Waals surface area (Å²) in [5.41, 5.74) is 5.83. The van der Waals surface area contributed by atoms with E-state index in [1.165, 1.54) is 24.1 Å². The summed E-state index contributed by atoms with van der Waals surface area (Å²) in [6.07, 6.45) is -5.25. The second-order valence-corrected chi connectivity index (χ2v) is 4.94. The van der Waals surface area contributed by atoms with E-state index in [0.717, 1.165) is 6.07 Å². The molecule has 2 N–H and O–H groups in total. The zero-order valence-corrected chi connectivity index (χ0v) is 11.0. The molecule has 0 saturated heterocycles. The lowest BCUT2D eigenvalue weighted by molar-refractivity contribution is -0.291. The molecule has 0 aromatic heterocycles. The number of fused-ring (bicyclic) bond motifs is 1. The molecule has 0 bridgehead atoms. The van der Waals surface area contributed by atoms with Gasteiger partial charge in [-0.15, -0.1) is 0 Å². The van der Waals surface area contributed by atoms with E-state index >= 15 is 0 Å². The average Bonchev–Trinajstić information content (AvgIpc) is 2.40. The van der Waals surface area contributed by atoms with Crippen LogP contribution in [-0.4, -0.2) is 25.1 Å². The van der Waals surface area contributed by atoms with Gasteiger partial charge in [0.15, 0.2) is 0 Å². The number of benzene rings is 1. The zero-order chi connectivity index (χ0) is 16.0. The quantitative estimate of drug-likeness (QED) is 0.854. The van der Waals surface area contributed by atoms with Gasteiger partial charge in [0, 0.05) is 19.2 Å². The van der Waals surface area contributed by atoms with Crippen LogP contribution >= 0.6 is 0 Å². The Morgan fingerprint density at radius 2 is 1.81 bits per heavy atom. The second kappa shape index (κ2) is 4.94. The lowest BCUT2D eigenvalue weighted by atomic mass is 9.94. The van der Waals surface area contributed by atoms with Crippen molar-refractivity contribution in [1.29, 1.82) is 0 Å². The number of carbonyl (C=O) groups excluding carboxylic acids is 1. The molecule has 1 aromatic rings. The molecule has 0 saturated carbocycles. The third-order valence-electron chi connectivity index (χ3n) is 3.57. The Morgan fingerprint density at radius 3 is 2.38 bits per heavy atom. The van der Waals surface area contributed by atoms with Crippen LogP contribution in [0.5, 0.6) is 0 Å². The van der Waals surface area contributed by atoms with Crippen LogP contribution in [0.25, 0.3) is 0 Å². The average molecular weight is 308 g/mol. The number of hydrogen-bond donors (Lipinski definition) is 1. The Labute approximate surface area is 117 Å². The zero-order valence-electron chi connectivity index (χ0n) is 11.0. The van der Waals surface area contributed by atoms with Crippen LogP contribution < -0.4 is 10.6 Å². The van der Waals surface area contributed by atoms with Gasteiger partial charge >= 0.3 is 12.1 Å². The van der Waals surface area contributed by atoms with Crippen LogP contribution in [0.4, 0.5) is 27.6 Å². The van der Waals surface area contributed by atoms with Crippen molar-refractivity contribution in [3.8, 4) is 0 Å². The van der Waals surface area contributed by atoms with Gasteiger partial charge in [0.1, 0.15) is 6.04 Å². The molecule has 8 heteroatoms. The highest BCUT2D eigenvalue weighted by molar-refractivity contribution is 5.95. The molecule has 1 aromatic carbocycles. The molecule has 1 heterocycles. The van der Waals surface area contributed by atoms with Gasteiger partial charge in [0.2, 0.25) is 5.91 Å². The first-order valence-corrected chi connectivity index (χ1v) is 6.15. The number of anilines is 1. The van der Waals surface area contributed by atoms with Gasteiger partial charge in [-0.1, -0.05) is 12.1 Å². The number of nitrogens with two attached hydrogens (primary N) is 1. The molecular formula is C13H13F5N2O. The first-order valence-electron chi connectivity index (χ1n) is 6.15. The summed E-state index contributed by atoms with van der Waals surface area (Å²) in [7, 11) is 1.52. The van der Waals surface area contributed by atoms with Crippen molar-refractivity contribution in [2.45, 2.75) is 31.0 Å². The Hall–Kier alpha value is -1.70. The van der Waals surface area contributed by atoms with Crippen LogP contribution in [0.2, 0.25) is 0 Å². The third-order valence-corrected chi connectivity index (χ3v) is 3.57. The summed E-state index contributed by atoms with van der Waals surface area (Å²) in [6.45, 7) is 0. The monoisotopic (exact) mass is 308 g/mol. The van der Waals surface area contributed by atoms with Gasteiger partial charge < -0.3 is 10.6 Å². The lowest BCUT2D eigenvalue weighted by Crippen LogP contribution is -2.46. The van der Waals surface area contributed by atoms with Crippen molar-refractivity contribution < 1.29 is 26.7 Å². The van der Waals surface area contributed by atoms with E-state index in [1.54, 1.807) is 0 Å². The molecule has 1 aliphatic heterocycles. The van der Waals surface area contributed by atoms with Gasteiger partial charge in [0.05, 0.1) is 0 Å². The van der Waals surface area contributed by atoms with Crippen LogP contribution in [-0.2, 0) is 11.2 Å². The Morgan fingerprint density at radius 1 is 1.19 bits per heavy atom. The minimum Gasteiger partial charge on any atom is -0.319 e. The second-order valence-electron chi connectivity index (χ2n) is 4.94. The maximum Gasteiger partial charge on any atom is 0.455 e. The summed E-state index contributed by atoms with van der Waals surface area (Å²) in [5.74, 6) is -5.15. The molecule has 1 amide bonds. The normalized spacial score (nSPS) is 17.7. The van der Waals surface area contributed by atoms with Crippen LogP contribution in [0.15, 0.2) is 18.2 Å². The van der Waals surface area contributed by atoms with E-state index < -0.39 is 18.1 Å². The van der Waals surface area contributed by atoms with Crippen molar-refractivity contribution in [3.63, 3.8) is 0 Å². The molecule has 0 spiro atoms. The molecule has 0 fully saturated rings. The largest absolute Gasteiger partial charge is 0.455 e. The summed E-state index contributed by atoms with van der Waals surface area (Å²) in [4.78, 5) is 12.8. The SMILES string of the molecule is CN1C(=O)CCc2cc(C(N)C(F)(F)C(F)(F)F)ccc21. The fraction of sp³-hybridized carbons (Fsp3) is 0.462. The van der Waals surface area contributed by atoms with Gasteiger partial charge in [-0.25, -0.2) is 0 Å². The van der Waals surface area contributed by atoms with Crippen molar-refractivity contribution in [3.05, 3.63) is 29.3 Å². The highest BCUT2D eigenvalue weighted by Crippen LogP contribution is 2.44. The van der Waals surface area contributed by atoms with E-state index in [-0.39, 0.29) is 24.3 Å². The van der Waals surface area contributed by atoms with Gasteiger partial charge in [-0.2, -0.15) is 22.0 Å². The standard InChI is InChI=1S/C13H13F5N2O/c1-20-9-4-2-8(6-7(9)3-5-10(20)21)11(19)12(14,15)13(16,17)18/h2,4,6,11H,3,5,19H2,1H3. The van der Waals surface area contributed by atoms with E-state index in [1.807, 2.05) is 0 Å². The Kier molecular flexibility index (Phi) is 3.69. The number of carbonyl (C=O) groups is 1. The summed E-state index contributed by atoms with van der Waals surface area (Å²) < 4.78 is 63.5. The van der Waals surface area contributed by atoms with E-state index in [2.05, 4.69) is 0 Å². The Bertz CT molecular complexity index is 570. The number of amides is 1. The number of nitrogens with zero attached hydrogens (tertiary/aromatic N) is 1. The topological polar surface area (TPSA) is 46.3 Å². The fourth-order valence-corrected chi connectivity index (χ4v) is 2.26. The van der Waals surface area contributed by atoms with Gasteiger partial charge in [0.25, 0.3) is 0 Å². The highest BCUT2D eigenvalue weighted by Gasteiger charge is 2.61. The first-order chi connectivity index (χ1) is 9.55. The summed E-state index contributed by atoms with van der Waals surface area (Å²) in [5, 5.41) is 0. The molecule has 21 heavy (non-hydrogen) atoms. The molecule has 0 radical (unpaired) electrons. The summed E-state index contributed by atoms with van der Waals surface area (Å²) in [6, 6.07) is 1.17. The number of alkyl halides is 5. The molecule has 1 unspecified atom stereocenters. The van der Waals surface area contributed by atoms with E-state index in [9.17, 15) is 26.7 Å². The minimum absolute atomic E-state index is 0.139. The predicted molar refractivity (Wildman–Crippen MR) is 66.1 cm³/mol. The van der Waals surface area contributed by atoms with Crippen molar-refractivity contribution in [2.24, 2.45) is 5.73 Å². The number of hydrogen-bond acceptors (Lipinski definition) is 2. The summed E-state index contributed by atoms with van der Waals surface area (Å²) >= 11 is 0. The van der Waals surface area contributed by atoms with E-state index in [4.69, 9.17) is 5.73 Å². The first kappa shape index (κ1) is 15.7. The predicted octanol–water partition coefficient (Wildman–Crippen LogP) is 2.79. The highest BCUT2D eigenvalue weighted by atomic mass is 19.4. The van der Waals surface area contributed by atoms with Crippen LogP contribution in [0.1, 0.15) is 23.6 Å². The Balaban J connectivity index is 2.37. The third kappa shape index (κ3) is 2.59. The van der Waals surface area contributed by atoms with Gasteiger partial charge in [-0.05, 0) is 23.6 Å². The molecule has 116 valence electrons. The minimum atomic E-state index is -5.71. The molecule has 1 atom stereocenters. The smallest absolute Gasteiger partial charge is 0.319 e. The number of rotatable bonds is 2. The van der Waals surface area contributed by atoms with E-state index in [0.29, 0.717) is 11.3 Å². The van der Waals surface area contributed by atoms with Crippen LogP contribution in [0, 0.1) is 0 Å². The maximum atomic E-state index is 13.3. The lowest BCUT2D eigenvalue weighted by Gasteiger charge is -2.29. The van der Waals surface area contributed by atoms with Crippen molar-refractivity contribution >= 4 is 11.6 Å². The van der Waals surface area contributed by atoms with Crippen LogP contribution in [0.3, 0.4) is 0 Å². The number of aryl methyl sites for hydroxylation is 1.